The zero-order valence-corrected chi connectivity index (χ0v) is 31.8. The maximum Gasteiger partial charge on any atom is 0.0535 e. The van der Waals surface area contributed by atoms with Crippen LogP contribution in [0, 0.1) is 6.92 Å². The molecule has 2 heteroatoms. The monoisotopic (exact) mass is 700 g/mol. The molecule has 0 amide bonds. The van der Waals surface area contributed by atoms with Crippen LogP contribution in [0.5, 0.6) is 0 Å². The maximum absolute atomic E-state index is 4.49. The lowest BCUT2D eigenvalue weighted by Crippen LogP contribution is -2.11. The molecule has 0 unspecified atom stereocenters. The fourth-order valence-electron chi connectivity index (χ4n) is 7.22. The Morgan fingerprint density at radius 2 is 1.26 bits per heavy atom. The largest absolute Gasteiger partial charge is 0.317 e. The van der Waals surface area contributed by atoms with Gasteiger partial charge in [-0.2, -0.15) is 0 Å². The molecule has 0 atom stereocenters. The Hall–Kier alpha value is -6.38. The zero-order chi connectivity index (χ0) is 37.4. The van der Waals surface area contributed by atoms with E-state index in [1.54, 1.807) is 0 Å². The highest BCUT2D eigenvalue weighted by atomic mass is 15.1. The van der Waals surface area contributed by atoms with E-state index >= 15 is 0 Å². The van der Waals surface area contributed by atoms with Crippen LogP contribution in [0.15, 0.2) is 183 Å². The molecule has 0 N–H and O–H groups in total. The van der Waals surface area contributed by atoms with Crippen molar-refractivity contribution < 1.29 is 0 Å². The summed E-state index contributed by atoms with van der Waals surface area (Å²) in [4.78, 5) is 2.26. The molecule has 6 aromatic carbocycles. The highest BCUT2D eigenvalue weighted by molar-refractivity contribution is 6.10. The maximum atomic E-state index is 4.49. The predicted molar refractivity (Wildman–Crippen MR) is 237 cm³/mol. The molecular formula is C52H48N2. The summed E-state index contributed by atoms with van der Waals surface area (Å²) < 4.78 is 2.30. The third-order valence-electron chi connectivity index (χ3n) is 9.92. The molecule has 0 spiro atoms. The summed E-state index contributed by atoms with van der Waals surface area (Å²) >= 11 is 0. The molecule has 266 valence electrons. The number of unbranched alkanes of at least 4 members (excludes halogenated alkanes) is 1. The number of allylic oxidation sites excluding steroid dienone is 7. The number of aromatic nitrogens is 1. The lowest BCUT2D eigenvalue weighted by Gasteiger charge is -2.26. The van der Waals surface area contributed by atoms with Crippen molar-refractivity contribution in [1.29, 1.82) is 0 Å². The van der Waals surface area contributed by atoms with E-state index in [1.807, 2.05) is 13.8 Å². The molecule has 0 saturated carbocycles. The summed E-state index contributed by atoms with van der Waals surface area (Å²) in [5.74, 6) is 0. The SMILES string of the molecule is C=C1/C=C\C=C/N(c2ccc(-c3cccc(-c4cccc(C)c4)c3)cc2)c2ccc(-c3ccc4c(c3)c3ccccc3n4C=C/C=C\CCC)cc21.CC. The second kappa shape index (κ2) is 16.5. The summed E-state index contributed by atoms with van der Waals surface area (Å²) in [7, 11) is 0. The smallest absolute Gasteiger partial charge is 0.0535 e. The molecule has 0 radical (unpaired) electrons. The minimum Gasteiger partial charge on any atom is -0.317 e. The number of hydrogen-bond donors (Lipinski definition) is 0. The molecule has 2 heterocycles. The van der Waals surface area contributed by atoms with Crippen LogP contribution >= 0.6 is 0 Å². The van der Waals surface area contributed by atoms with Gasteiger partial charge in [-0.05, 0) is 113 Å². The number of para-hydroxylation sites is 1. The summed E-state index contributed by atoms with van der Waals surface area (Å²) in [6.45, 7) is 12.8. The first-order chi connectivity index (χ1) is 26.6. The normalized spacial score (nSPS) is 13.9. The van der Waals surface area contributed by atoms with Gasteiger partial charge in [0.05, 0.1) is 16.7 Å². The lowest BCUT2D eigenvalue weighted by molar-refractivity contribution is 0.959. The number of hydrogen-bond acceptors (Lipinski definition) is 1. The summed E-state index contributed by atoms with van der Waals surface area (Å²) in [6, 6.07) is 48.6. The van der Waals surface area contributed by atoms with Gasteiger partial charge in [-0.15, -0.1) is 0 Å². The Morgan fingerprint density at radius 1 is 0.593 bits per heavy atom. The van der Waals surface area contributed by atoms with Crippen LogP contribution in [0.4, 0.5) is 11.4 Å². The van der Waals surface area contributed by atoms with E-state index in [4.69, 9.17) is 0 Å². The van der Waals surface area contributed by atoms with Crippen LogP contribution in [0.25, 0.3) is 67.0 Å². The topological polar surface area (TPSA) is 8.17 Å². The van der Waals surface area contributed by atoms with E-state index in [-0.39, 0.29) is 0 Å². The molecule has 0 fully saturated rings. The summed E-state index contributed by atoms with van der Waals surface area (Å²) in [6.07, 6.45) is 19.3. The highest BCUT2D eigenvalue weighted by Crippen LogP contribution is 2.39. The molecule has 1 aromatic heterocycles. The van der Waals surface area contributed by atoms with Crippen LogP contribution in [0.1, 0.15) is 44.7 Å². The van der Waals surface area contributed by atoms with Gasteiger partial charge in [0.1, 0.15) is 0 Å². The van der Waals surface area contributed by atoms with E-state index in [0.29, 0.717) is 0 Å². The second-order valence-corrected chi connectivity index (χ2v) is 13.5. The van der Waals surface area contributed by atoms with Gasteiger partial charge in [-0.1, -0.05) is 149 Å². The molecule has 0 aliphatic carbocycles. The van der Waals surface area contributed by atoms with Crippen molar-refractivity contribution in [3.8, 4) is 33.4 Å². The van der Waals surface area contributed by atoms with Crippen LogP contribution in [0.2, 0.25) is 0 Å². The molecule has 2 nitrogen and oxygen atoms in total. The van der Waals surface area contributed by atoms with Crippen molar-refractivity contribution in [1.82, 2.24) is 4.57 Å². The first-order valence-corrected chi connectivity index (χ1v) is 19.2. The predicted octanol–water partition coefficient (Wildman–Crippen LogP) is 15.2. The first-order valence-electron chi connectivity index (χ1n) is 19.2. The van der Waals surface area contributed by atoms with Gasteiger partial charge in [-0.25, -0.2) is 0 Å². The average molecular weight is 701 g/mol. The Balaban J connectivity index is 0.00000221. The van der Waals surface area contributed by atoms with Crippen LogP contribution in [-0.2, 0) is 0 Å². The highest BCUT2D eigenvalue weighted by Gasteiger charge is 2.17. The minimum absolute atomic E-state index is 0.981. The Morgan fingerprint density at radius 3 is 2.06 bits per heavy atom. The van der Waals surface area contributed by atoms with Crippen molar-refractivity contribution in [2.75, 3.05) is 4.90 Å². The van der Waals surface area contributed by atoms with E-state index in [0.717, 1.165) is 35.4 Å². The van der Waals surface area contributed by atoms with Gasteiger partial charge in [0.25, 0.3) is 0 Å². The summed E-state index contributed by atoms with van der Waals surface area (Å²) in [5.41, 5.74) is 15.2. The summed E-state index contributed by atoms with van der Waals surface area (Å²) in [5, 5.41) is 2.50. The molecule has 7 aromatic rings. The fourth-order valence-corrected chi connectivity index (χ4v) is 7.22. The lowest BCUT2D eigenvalue weighted by atomic mass is 9.95. The average Bonchev–Trinajstić information content (AvgIpc) is 3.53. The molecule has 0 bridgehead atoms. The number of nitrogens with zero attached hydrogens (tertiary/aromatic N) is 2. The van der Waals surface area contributed by atoms with Crippen molar-refractivity contribution in [2.45, 2.75) is 40.5 Å². The molecular weight excluding hydrogens is 653 g/mol. The van der Waals surface area contributed by atoms with Crippen molar-refractivity contribution in [3.63, 3.8) is 0 Å². The molecule has 8 rings (SSSR count). The fraction of sp³-hybridized carbons (Fsp3) is 0.115. The first kappa shape index (κ1) is 36.0. The van der Waals surface area contributed by atoms with Gasteiger partial charge in [0.2, 0.25) is 0 Å². The van der Waals surface area contributed by atoms with Crippen LogP contribution < -0.4 is 4.90 Å². The molecule has 1 aliphatic heterocycles. The Labute approximate surface area is 321 Å². The van der Waals surface area contributed by atoms with E-state index in [2.05, 4.69) is 212 Å². The number of fused-ring (bicyclic) bond motifs is 4. The number of benzene rings is 6. The second-order valence-electron chi connectivity index (χ2n) is 13.5. The van der Waals surface area contributed by atoms with E-state index in [9.17, 15) is 0 Å². The van der Waals surface area contributed by atoms with Crippen LogP contribution in [0.3, 0.4) is 0 Å². The van der Waals surface area contributed by atoms with Gasteiger partial charge in [0.15, 0.2) is 0 Å². The van der Waals surface area contributed by atoms with Crippen molar-refractivity contribution >= 4 is 45.0 Å². The van der Waals surface area contributed by atoms with Gasteiger partial charge in [0, 0.05) is 34.4 Å². The third-order valence-corrected chi connectivity index (χ3v) is 9.92. The number of anilines is 2. The zero-order valence-electron chi connectivity index (χ0n) is 31.8. The number of rotatable bonds is 8. The standard InChI is InChI=1S/C50H42N2.C2H6/c1-4-5-6-7-11-31-52-48-21-9-8-20-45(48)47-35-43(25-29-50(47)52)42-24-28-49-46(34-42)37(3)16-10-12-30-51(49)44-26-22-38(23-27-44)40-18-14-19-41(33-40)39-17-13-15-36(2)32-39;1-2/h6-35H,3-5H2,1-2H3;1-2H3/b7-6-,16-10-,30-12-,31-11?;. The van der Waals surface area contributed by atoms with Gasteiger partial charge in [-0.3, -0.25) is 0 Å². The Bertz CT molecular complexity index is 2550. The third kappa shape index (κ3) is 7.42. The molecule has 54 heavy (non-hydrogen) atoms. The number of aryl methyl sites for hydroxylation is 1. The molecule has 0 saturated heterocycles. The van der Waals surface area contributed by atoms with E-state index < -0.39 is 0 Å². The van der Waals surface area contributed by atoms with Gasteiger partial charge >= 0.3 is 0 Å². The van der Waals surface area contributed by atoms with Crippen molar-refractivity contribution in [2.24, 2.45) is 0 Å². The molecule has 1 aliphatic rings. The van der Waals surface area contributed by atoms with Crippen LogP contribution in [-0.4, -0.2) is 4.57 Å². The van der Waals surface area contributed by atoms with Crippen molar-refractivity contribution in [3.05, 3.63) is 194 Å². The van der Waals surface area contributed by atoms with Gasteiger partial charge < -0.3 is 9.47 Å². The quantitative estimate of drug-likeness (QED) is 0.143. The van der Waals surface area contributed by atoms with E-state index in [1.165, 1.54) is 60.8 Å². The Kier molecular flexibility index (Phi) is 11.0. The minimum atomic E-state index is 0.981.